The number of nitriles is 1. The summed E-state index contributed by atoms with van der Waals surface area (Å²) in [6.45, 7) is 0.285. The second kappa shape index (κ2) is 7.89. The van der Waals surface area contributed by atoms with E-state index in [0.29, 0.717) is 12.8 Å². The molecule has 1 fully saturated rings. The van der Waals surface area contributed by atoms with E-state index in [9.17, 15) is 33.3 Å². The Hall–Kier alpha value is -2.84. The van der Waals surface area contributed by atoms with E-state index >= 15 is 0 Å². The third-order valence-electron chi connectivity index (χ3n) is 5.24. The fourth-order valence-electron chi connectivity index (χ4n) is 3.58. The van der Waals surface area contributed by atoms with Gasteiger partial charge >= 0.3 is 13.3 Å². The molecule has 0 bridgehead atoms. The number of alkyl halides is 3. The number of rotatable bonds is 4. The summed E-state index contributed by atoms with van der Waals surface area (Å²) >= 11 is 0. The highest BCUT2D eigenvalue weighted by molar-refractivity contribution is 6.58. The van der Waals surface area contributed by atoms with Gasteiger partial charge in [0.1, 0.15) is 0 Å². The number of aromatic nitrogens is 2. The minimum Gasteiger partial charge on any atom is -0.423 e. The Morgan fingerprint density at radius 3 is 2.48 bits per heavy atom. The van der Waals surface area contributed by atoms with Crippen molar-refractivity contribution < 1.29 is 28.0 Å². The van der Waals surface area contributed by atoms with Crippen molar-refractivity contribution >= 4 is 18.5 Å². The highest BCUT2D eigenvalue weighted by Gasteiger charge is 2.41. The maximum absolute atomic E-state index is 13.2. The van der Waals surface area contributed by atoms with Gasteiger partial charge in [-0.15, -0.1) is 0 Å². The van der Waals surface area contributed by atoms with Crippen LogP contribution in [0, 0.1) is 11.3 Å². The van der Waals surface area contributed by atoms with Crippen LogP contribution >= 0.6 is 0 Å². The molecule has 0 aliphatic carbocycles. The third kappa shape index (κ3) is 4.13. The number of carbonyl (C=O) groups excluding carboxylic acids is 1. The molecule has 1 amide bonds. The lowest BCUT2D eigenvalue weighted by molar-refractivity contribution is -0.138. The highest BCUT2D eigenvalue weighted by Crippen LogP contribution is 2.35. The van der Waals surface area contributed by atoms with E-state index in [1.165, 1.54) is 34.1 Å². The predicted molar refractivity (Wildman–Crippen MR) is 96.8 cm³/mol. The second-order valence-electron chi connectivity index (χ2n) is 6.99. The molecule has 1 aliphatic heterocycles. The van der Waals surface area contributed by atoms with E-state index in [4.69, 9.17) is 0 Å². The molecule has 1 saturated heterocycles. The van der Waals surface area contributed by atoms with Gasteiger partial charge in [-0.3, -0.25) is 9.48 Å². The number of hydrogen-bond acceptors (Lipinski definition) is 5. The van der Waals surface area contributed by atoms with Crippen molar-refractivity contribution in [2.24, 2.45) is 0 Å². The van der Waals surface area contributed by atoms with Crippen molar-refractivity contribution in [3.05, 3.63) is 47.8 Å². The van der Waals surface area contributed by atoms with Crippen molar-refractivity contribution in [3.63, 3.8) is 0 Å². The maximum atomic E-state index is 13.2. The fourth-order valence-corrected chi connectivity index (χ4v) is 3.58. The summed E-state index contributed by atoms with van der Waals surface area (Å²) in [4.78, 5) is 14.1. The Balaban J connectivity index is 1.81. The van der Waals surface area contributed by atoms with Crippen molar-refractivity contribution in [2.75, 3.05) is 13.1 Å². The minimum atomic E-state index is -4.64. The van der Waals surface area contributed by atoms with Crippen LogP contribution in [0.2, 0.25) is 0 Å². The first-order valence-corrected chi connectivity index (χ1v) is 8.91. The number of piperidine rings is 1. The van der Waals surface area contributed by atoms with E-state index in [1.54, 1.807) is 0 Å². The molecule has 0 saturated carbocycles. The van der Waals surface area contributed by atoms with E-state index in [1.807, 2.05) is 0 Å². The second-order valence-corrected chi connectivity index (χ2v) is 6.99. The number of halogens is 3. The summed E-state index contributed by atoms with van der Waals surface area (Å²) in [6.07, 6.45) is -1.27. The standard InChI is InChI=1S/C18H18BF3N4O3/c20-18(21,22)15-4-2-1-3-14(15)16(27)25-9-6-17(5-8-23,7-10-25)26-12-13(11-24-26)19(28)29/h1-4,11-12,28-29H,5-7,9-10H2. The Bertz CT molecular complexity index is 931. The van der Waals surface area contributed by atoms with E-state index < -0.39 is 35.9 Å². The molecule has 11 heteroatoms. The zero-order chi connectivity index (χ0) is 21.2. The van der Waals surface area contributed by atoms with Gasteiger partial charge in [0.05, 0.1) is 29.2 Å². The zero-order valence-corrected chi connectivity index (χ0v) is 15.3. The van der Waals surface area contributed by atoms with Crippen molar-refractivity contribution in [2.45, 2.75) is 31.0 Å². The Kier molecular flexibility index (Phi) is 5.68. The molecule has 0 atom stereocenters. The van der Waals surface area contributed by atoms with Crippen LogP contribution in [0.3, 0.4) is 0 Å². The van der Waals surface area contributed by atoms with Gasteiger partial charge in [-0.05, 0) is 25.0 Å². The Labute approximate surface area is 165 Å². The first-order valence-electron chi connectivity index (χ1n) is 8.91. The average molecular weight is 406 g/mol. The van der Waals surface area contributed by atoms with Crippen LogP contribution in [-0.2, 0) is 11.7 Å². The molecule has 1 aromatic heterocycles. The van der Waals surface area contributed by atoms with E-state index in [2.05, 4.69) is 11.2 Å². The SMILES string of the molecule is N#CCC1(n2cc(B(O)O)cn2)CCN(C(=O)c2ccccc2C(F)(F)F)CC1. The summed E-state index contributed by atoms with van der Waals surface area (Å²) in [5, 5.41) is 31.9. The van der Waals surface area contributed by atoms with Gasteiger partial charge in [0, 0.05) is 30.9 Å². The number of hydrogen-bond donors (Lipinski definition) is 2. The summed E-state index contributed by atoms with van der Waals surface area (Å²) in [5.74, 6) is -0.713. The third-order valence-corrected chi connectivity index (χ3v) is 5.24. The quantitative estimate of drug-likeness (QED) is 0.742. The van der Waals surface area contributed by atoms with Crippen molar-refractivity contribution in [3.8, 4) is 6.07 Å². The van der Waals surface area contributed by atoms with E-state index in [0.717, 1.165) is 12.1 Å². The van der Waals surface area contributed by atoms with Crippen LogP contribution in [-0.4, -0.2) is 50.8 Å². The average Bonchev–Trinajstić information content (AvgIpc) is 3.19. The normalized spacial score (nSPS) is 16.3. The summed E-state index contributed by atoms with van der Waals surface area (Å²) < 4.78 is 41.2. The molecule has 1 aromatic carbocycles. The van der Waals surface area contributed by atoms with Gasteiger partial charge in [-0.25, -0.2) is 0 Å². The van der Waals surface area contributed by atoms with Gasteiger partial charge in [-0.1, -0.05) is 12.1 Å². The fraction of sp³-hybridized carbons (Fsp3) is 0.389. The number of likely N-dealkylation sites (tertiary alicyclic amines) is 1. The van der Waals surface area contributed by atoms with Crippen LogP contribution in [0.15, 0.2) is 36.7 Å². The molecule has 1 aliphatic rings. The monoisotopic (exact) mass is 406 g/mol. The first-order chi connectivity index (χ1) is 13.7. The Morgan fingerprint density at radius 2 is 1.93 bits per heavy atom. The van der Waals surface area contributed by atoms with E-state index in [-0.39, 0.29) is 25.0 Å². The van der Waals surface area contributed by atoms with Crippen molar-refractivity contribution in [1.29, 1.82) is 5.26 Å². The van der Waals surface area contributed by atoms with Crippen LogP contribution in [0.1, 0.15) is 35.2 Å². The number of benzene rings is 1. The number of carbonyl (C=O) groups is 1. The molecule has 0 unspecified atom stereocenters. The van der Waals surface area contributed by atoms with Gasteiger partial charge < -0.3 is 14.9 Å². The lowest BCUT2D eigenvalue weighted by atomic mass is 9.82. The molecular weight excluding hydrogens is 388 g/mol. The molecular formula is C18H18BF3N4O3. The van der Waals surface area contributed by atoms with Crippen LogP contribution < -0.4 is 5.46 Å². The molecule has 152 valence electrons. The summed E-state index contributed by atoms with van der Waals surface area (Å²) in [6, 6.07) is 6.74. The molecule has 0 spiro atoms. The van der Waals surface area contributed by atoms with Crippen LogP contribution in [0.25, 0.3) is 0 Å². The number of amides is 1. The van der Waals surface area contributed by atoms with Crippen molar-refractivity contribution in [1.82, 2.24) is 14.7 Å². The predicted octanol–water partition coefficient (Wildman–Crippen LogP) is 1.13. The van der Waals surface area contributed by atoms with Gasteiger partial charge in [0.15, 0.2) is 0 Å². The molecule has 2 heterocycles. The number of nitrogens with zero attached hydrogens (tertiary/aromatic N) is 4. The maximum Gasteiger partial charge on any atom is 0.491 e. The lowest BCUT2D eigenvalue weighted by Crippen LogP contribution is -2.48. The molecule has 2 N–H and O–H groups in total. The minimum absolute atomic E-state index is 0.0663. The zero-order valence-electron chi connectivity index (χ0n) is 15.3. The largest absolute Gasteiger partial charge is 0.491 e. The van der Waals surface area contributed by atoms with Gasteiger partial charge in [0.25, 0.3) is 5.91 Å². The first kappa shape index (κ1) is 20.9. The highest BCUT2D eigenvalue weighted by atomic mass is 19.4. The molecule has 3 rings (SSSR count). The summed E-state index contributed by atoms with van der Waals surface area (Å²) in [7, 11) is -1.71. The molecule has 29 heavy (non-hydrogen) atoms. The topological polar surface area (TPSA) is 102 Å². The lowest BCUT2D eigenvalue weighted by Gasteiger charge is -2.41. The molecule has 2 aromatic rings. The van der Waals surface area contributed by atoms with Gasteiger partial charge in [0.2, 0.25) is 0 Å². The van der Waals surface area contributed by atoms with Crippen LogP contribution in [0.5, 0.6) is 0 Å². The smallest absolute Gasteiger partial charge is 0.423 e. The summed E-state index contributed by atoms with van der Waals surface area (Å²) in [5.41, 5.74) is -1.99. The molecule has 7 nitrogen and oxygen atoms in total. The van der Waals surface area contributed by atoms with Gasteiger partial charge in [-0.2, -0.15) is 23.5 Å². The Morgan fingerprint density at radius 1 is 1.28 bits per heavy atom. The molecule has 0 radical (unpaired) electrons. The van der Waals surface area contributed by atoms with Crippen LogP contribution in [0.4, 0.5) is 13.2 Å².